The average Bonchev–Trinajstić information content (AvgIpc) is 1.95. The summed E-state index contributed by atoms with van der Waals surface area (Å²) >= 11 is 0. The molecule has 0 bridgehead atoms. The first kappa shape index (κ1) is 12.0. The molecule has 0 aliphatic heterocycles. The molecule has 0 aromatic carbocycles. The molecule has 0 amide bonds. The number of alkyl halides is 2. The Kier molecular flexibility index (Phi) is 2.56. The van der Waals surface area contributed by atoms with Crippen LogP contribution in [0.1, 0.15) is 0 Å². The van der Waals surface area contributed by atoms with Gasteiger partial charge in [-0.05, 0) is 0 Å². The molecule has 15 heavy (non-hydrogen) atoms. The quantitative estimate of drug-likeness (QED) is 0.544. The third-order valence-corrected chi connectivity index (χ3v) is 2.76. The van der Waals surface area contributed by atoms with Gasteiger partial charge in [-0.1, -0.05) is 0 Å². The van der Waals surface area contributed by atoms with Gasteiger partial charge in [0.15, 0.2) is 17.4 Å². The fourth-order valence-corrected chi connectivity index (χ4v) is 1.89. The lowest BCUT2D eigenvalue weighted by Gasteiger charge is -2.23. The van der Waals surface area contributed by atoms with Gasteiger partial charge >= 0.3 is 0 Å². The highest BCUT2D eigenvalue weighted by atomic mass is 32.2. The Morgan fingerprint density at radius 2 is 1.80 bits per heavy atom. The van der Waals surface area contributed by atoms with Crippen molar-refractivity contribution < 1.29 is 35.6 Å². The molecule has 4 nitrogen and oxygen atoms in total. The summed E-state index contributed by atoms with van der Waals surface area (Å²) in [5, 5.41) is 5.14. The van der Waals surface area contributed by atoms with Crippen molar-refractivity contribution in [3.05, 3.63) is 23.5 Å². The molecule has 0 heterocycles. The second kappa shape index (κ2) is 3.20. The minimum Gasteiger partial charge on any atom is -0.505 e. The predicted octanol–water partition coefficient (Wildman–Crippen LogP) is 1.48. The van der Waals surface area contributed by atoms with Crippen molar-refractivity contribution in [1.82, 2.24) is 0 Å². The van der Waals surface area contributed by atoms with Gasteiger partial charge in [-0.15, -0.1) is 0 Å². The number of halogens is 4. The zero-order valence-corrected chi connectivity index (χ0v) is 7.60. The maximum absolute atomic E-state index is 12.8. The van der Waals surface area contributed by atoms with Gasteiger partial charge in [0.05, 0.1) is 0 Å². The molecule has 1 aliphatic rings. The van der Waals surface area contributed by atoms with Crippen LogP contribution < -0.4 is 0 Å². The maximum Gasteiger partial charge on any atom is 0.295 e. The van der Waals surface area contributed by atoms with Gasteiger partial charge < -0.3 is 5.11 Å². The van der Waals surface area contributed by atoms with E-state index in [2.05, 4.69) is 0 Å². The molecule has 0 aromatic rings. The van der Waals surface area contributed by atoms with Crippen molar-refractivity contribution in [3.8, 4) is 0 Å². The maximum atomic E-state index is 12.8. The Hall–Kier alpha value is -1.09. The molecule has 1 unspecified atom stereocenters. The van der Waals surface area contributed by atoms with Crippen LogP contribution in [0.4, 0.5) is 17.6 Å². The number of aliphatic hydroxyl groups is 1. The number of hydrogen-bond donors (Lipinski definition) is 2. The number of rotatable bonds is 1. The van der Waals surface area contributed by atoms with E-state index < -0.39 is 44.8 Å². The zero-order valence-electron chi connectivity index (χ0n) is 6.79. The minimum absolute atomic E-state index is 0.482. The molecule has 0 radical (unpaired) electrons. The Bertz CT molecular complexity index is 450. The van der Waals surface area contributed by atoms with Crippen LogP contribution in [0.2, 0.25) is 0 Å². The molecule has 2 N–H and O–H groups in total. The van der Waals surface area contributed by atoms with E-state index in [0.717, 1.165) is 0 Å². The van der Waals surface area contributed by atoms with E-state index in [1.807, 2.05) is 0 Å². The molecule has 1 aliphatic carbocycles. The van der Waals surface area contributed by atoms with Crippen LogP contribution in [0.25, 0.3) is 0 Å². The predicted molar refractivity (Wildman–Crippen MR) is 40.2 cm³/mol. The first-order chi connectivity index (χ1) is 6.57. The minimum atomic E-state index is -5.52. The Balaban J connectivity index is 3.43. The van der Waals surface area contributed by atoms with E-state index in [1.54, 1.807) is 0 Å². The van der Waals surface area contributed by atoms with Crippen molar-refractivity contribution in [2.24, 2.45) is 0 Å². The van der Waals surface area contributed by atoms with Gasteiger partial charge in [-0.2, -0.15) is 21.6 Å². The topological polar surface area (TPSA) is 74.6 Å². The van der Waals surface area contributed by atoms with Crippen LogP contribution in [0, 0.1) is 0 Å². The van der Waals surface area contributed by atoms with Gasteiger partial charge in [0, 0.05) is 6.08 Å². The summed E-state index contributed by atoms with van der Waals surface area (Å²) in [5.74, 6) is -10.7. The van der Waals surface area contributed by atoms with E-state index in [9.17, 15) is 26.0 Å². The summed E-state index contributed by atoms with van der Waals surface area (Å²) in [6.45, 7) is 0. The first-order valence-corrected chi connectivity index (χ1v) is 4.89. The standard InChI is InChI=1S/C6H4F4O4S/c7-3-2(11)1-6(9,10)5(4(3)8)15(12,13)14/h1,5,11H,(H,12,13,14). The van der Waals surface area contributed by atoms with E-state index in [4.69, 9.17) is 9.66 Å². The lowest BCUT2D eigenvalue weighted by molar-refractivity contribution is 0.0421. The van der Waals surface area contributed by atoms with Gasteiger partial charge in [-0.25, -0.2) is 4.39 Å². The van der Waals surface area contributed by atoms with E-state index >= 15 is 0 Å². The number of aliphatic hydroxyl groups excluding tert-OH is 1. The van der Waals surface area contributed by atoms with Crippen LogP contribution in [0.15, 0.2) is 23.5 Å². The molecule has 0 aromatic heterocycles. The lowest BCUT2D eigenvalue weighted by Crippen LogP contribution is -2.41. The molecule has 1 rings (SSSR count). The normalized spacial score (nSPS) is 26.5. The number of allylic oxidation sites excluding steroid dienone is 2. The second-order valence-electron chi connectivity index (χ2n) is 2.76. The summed E-state index contributed by atoms with van der Waals surface area (Å²) in [6.07, 6.45) is -0.482. The molecule has 9 heteroatoms. The summed E-state index contributed by atoms with van der Waals surface area (Å²) in [5.41, 5.74) is 0. The summed E-state index contributed by atoms with van der Waals surface area (Å²) < 4.78 is 80.1. The SMILES string of the molecule is O=S(=O)(O)C1C(F)=C(F)C(O)=CC1(F)F. The van der Waals surface area contributed by atoms with Crippen molar-refractivity contribution in [3.63, 3.8) is 0 Å². The Morgan fingerprint density at radius 1 is 1.33 bits per heavy atom. The van der Waals surface area contributed by atoms with Crippen LogP contribution >= 0.6 is 0 Å². The Morgan fingerprint density at radius 3 is 2.20 bits per heavy atom. The van der Waals surface area contributed by atoms with Crippen molar-refractivity contribution in [1.29, 1.82) is 0 Å². The fourth-order valence-electron chi connectivity index (χ4n) is 1.06. The molecule has 0 saturated carbocycles. The van der Waals surface area contributed by atoms with Gasteiger partial charge in [0.2, 0.25) is 5.25 Å². The van der Waals surface area contributed by atoms with Crippen LogP contribution in [-0.4, -0.2) is 29.2 Å². The largest absolute Gasteiger partial charge is 0.505 e. The zero-order chi connectivity index (χ0) is 12.0. The van der Waals surface area contributed by atoms with Gasteiger partial charge in [0.25, 0.3) is 16.0 Å². The molecule has 86 valence electrons. The second-order valence-corrected chi connectivity index (χ2v) is 4.26. The first-order valence-electron chi connectivity index (χ1n) is 3.39. The lowest BCUT2D eigenvalue weighted by atomic mass is 10.1. The third kappa shape index (κ3) is 1.97. The van der Waals surface area contributed by atoms with E-state index in [-0.39, 0.29) is 0 Å². The molecule has 0 spiro atoms. The van der Waals surface area contributed by atoms with Crippen LogP contribution in [-0.2, 0) is 10.1 Å². The summed E-state index contributed by atoms with van der Waals surface area (Å²) in [4.78, 5) is 0. The van der Waals surface area contributed by atoms with Crippen LogP contribution in [0.3, 0.4) is 0 Å². The average molecular weight is 248 g/mol. The highest BCUT2D eigenvalue weighted by molar-refractivity contribution is 7.86. The monoisotopic (exact) mass is 248 g/mol. The molecular formula is C6H4F4O4S. The summed E-state index contributed by atoms with van der Waals surface area (Å²) in [6, 6.07) is 0. The Labute approximate surface area is 81.3 Å². The summed E-state index contributed by atoms with van der Waals surface area (Å²) in [7, 11) is -5.52. The molecule has 1 atom stereocenters. The van der Waals surface area contributed by atoms with Crippen molar-refractivity contribution >= 4 is 10.1 Å². The molecular weight excluding hydrogens is 244 g/mol. The van der Waals surface area contributed by atoms with Crippen LogP contribution in [0.5, 0.6) is 0 Å². The third-order valence-electron chi connectivity index (χ3n) is 1.64. The van der Waals surface area contributed by atoms with Gasteiger partial charge in [0.1, 0.15) is 0 Å². The van der Waals surface area contributed by atoms with Crippen molar-refractivity contribution in [2.75, 3.05) is 0 Å². The smallest absolute Gasteiger partial charge is 0.295 e. The van der Waals surface area contributed by atoms with Gasteiger partial charge in [-0.3, -0.25) is 4.55 Å². The van der Waals surface area contributed by atoms with E-state index in [1.165, 1.54) is 0 Å². The van der Waals surface area contributed by atoms with Crippen molar-refractivity contribution in [2.45, 2.75) is 11.2 Å². The highest BCUT2D eigenvalue weighted by Crippen LogP contribution is 2.39. The number of hydrogen-bond acceptors (Lipinski definition) is 3. The molecule has 0 saturated heterocycles. The highest BCUT2D eigenvalue weighted by Gasteiger charge is 2.54. The fraction of sp³-hybridized carbons (Fsp3) is 0.333. The molecule has 0 fully saturated rings. The van der Waals surface area contributed by atoms with E-state index in [0.29, 0.717) is 0 Å².